The molecule has 27 heavy (non-hydrogen) atoms. The van der Waals surface area contributed by atoms with Crippen molar-refractivity contribution in [3.63, 3.8) is 0 Å². The molecule has 0 spiro atoms. The summed E-state index contributed by atoms with van der Waals surface area (Å²) in [6.07, 6.45) is 0. The fraction of sp³-hybridized carbons (Fsp3) is 0.105. The second kappa shape index (κ2) is 7.92. The molecular formula is C19H16BrNO4S2. The van der Waals surface area contributed by atoms with Gasteiger partial charge in [-0.2, -0.15) is 0 Å². The zero-order valence-corrected chi connectivity index (χ0v) is 17.5. The summed E-state index contributed by atoms with van der Waals surface area (Å²) in [5, 5.41) is 11.6. The molecule has 0 aliphatic carbocycles. The van der Waals surface area contributed by atoms with Gasteiger partial charge in [-0.05, 0) is 41.1 Å². The van der Waals surface area contributed by atoms with Gasteiger partial charge in [-0.25, -0.2) is 8.42 Å². The van der Waals surface area contributed by atoms with E-state index >= 15 is 0 Å². The molecule has 3 rings (SSSR count). The molecule has 0 fully saturated rings. The van der Waals surface area contributed by atoms with Gasteiger partial charge in [0.15, 0.2) is 0 Å². The Balaban J connectivity index is 2.12. The van der Waals surface area contributed by atoms with Crippen molar-refractivity contribution in [1.82, 2.24) is 0 Å². The van der Waals surface area contributed by atoms with E-state index in [2.05, 4.69) is 20.7 Å². The Kier molecular flexibility index (Phi) is 5.78. The van der Waals surface area contributed by atoms with Crippen LogP contribution in [-0.2, 0) is 14.8 Å². The number of rotatable bonds is 6. The lowest BCUT2D eigenvalue weighted by Crippen LogP contribution is -2.14. The molecule has 3 aromatic carbocycles. The van der Waals surface area contributed by atoms with Crippen molar-refractivity contribution in [3.05, 3.63) is 59.1 Å². The maximum absolute atomic E-state index is 12.9. The second-order valence-electron chi connectivity index (χ2n) is 5.84. The smallest absolute Gasteiger partial charge is 0.263 e. The van der Waals surface area contributed by atoms with Crippen molar-refractivity contribution in [2.24, 2.45) is 0 Å². The van der Waals surface area contributed by atoms with E-state index in [1.54, 1.807) is 48.5 Å². The van der Waals surface area contributed by atoms with Crippen LogP contribution in [0.2, 0.25) is 0 Å². The van der Waals surface area contributed by atoms with E-state index in [1.807, 2.05) is 0 Å². The molecule has 0 radical (unpaired) electrons. The lowest BCUT2D eigenvalue weighted by molar-refractivity contribution is -0.114. The van der Waals surface area contributed by atoms with Crippen molar-refractivity contribution in [2.45, 2.75) is 16.7 Å². The highest BCUT2D eigenvalue weighted by atomic mass is 79.9. The van der Waals surface area contributed by atoms with Crippen molar-refractivity contribution in [2.75, 3.05) is 10.5 Å². The van der Waals surface area contributed by atoms with Gasteiger partial charge < -0.3 is 5.11 Å². The summed E-state index contributed by atoms with van der Waals surface area (Å²) in [4.78, 5) is 11.9. The molecule has 0 unspecified atom stereocenters. The first kappa shape index (κ1) is 19.7. The Morgan fingerprint density at radius 2 is 1.74 bits per heavy atom. The quantitative estimate of drug-likeness (QED) is 0.403. The van der Waals surface area contributed by atoms with Crippen molar-refractivity contribution in [3.8, 4) is 5.75 Å². The molecule has 5 nitrogen and oxygen atoms in total. The minimum atomic E-state index is -3.85. The number of Topliss-reactive ketones (excluding diaryl/α,β-unsaturated/α-hetero) is 1. The topological polar surface area (TPSA) is 83.5 Å². The van der Waals surface area contributed by atoms with E-state index < -0.39 is 10.0 Å². The van der Waals surface area contributed by atoms with Gasteiger partial charge in [0.25, 0.3) is 10.0 Å². The Labute approximate surface area is 170 Å². The minimum absolute atomic E-state index is 0.0284. The van der Waals surface area contributed by atoms with Crippen LogP contribution < -0.4 is 4.72 Å². The SMILES string of the molecule is CC(=O)CSc1cc(NS(=O)(=O)c2ccccc2Br)c2ccccc2c1O. The average Bonchev–Trinajstić information content (AvgIpc) is 2.63. The van der Waals surface area contributed by atoms with E-state index in [1.165, 1.54) is 24.8 Å². The Morgan fingerprint density at radius 1 is 1.11 bits per heavy atom. The van der Waals surface area contributed by atoms with Crippen LogP contribution in [0, 0.1) is 0 Å². The molecule has 140 valence electrons. The van der Waals surface area contributed by atoms with Gasteiger partial charge in [0, 0.05) is 15.2 Å². The number of carbonyl (C=O) groups excluding carboxylic acids is 1. The van der Waals surface area contributed by atoms with Crippen LogP contribution in [0.15, 0.2) is 68.9 Å². The predicted octanol–water partition coefficient (Wildman–Crippen LogP) is 4.79. The number of carbonyl (C=O) groups is 1. The van der Waals surface area contributed by atoms with Crippen LogP contribution in [0.1, 0.15) is 6.92 Å². The van der Waals surface area contributed by atoms with Gasteiger partial charge >= 0.3 is 0 Å². The van der Waals surface area contributed by atoms with Gasteiger partial charge in [-0.1, -0.05) is 36.4 Å². The van der Waals surface area contributed by atoms with E-state index in [-0.39, 0.29) is 22.2 Å². The first-order chi connectivity index (χ1) is 12.8. The molecule has 2 N–H and O–H groups in total. The number of thioether (sulfide) groups is 1. The summed E-state index contributed by atoms with van der Waals surface area (Å²) in [6, 6.07) is 15.0. The van der Waals surface area contributed by atoms with E-state index in [9.17, 15) is 18.3 Å². The standard InChI is InChI=1S/C19H16BrNO4S2/c1-12(22)11-26-17-10-16(13-6-2-3-7-14(13)19(17)23)21-27(24,25)18-9-5-4-8-15(18)20/h2-10,21,23H,11H2,1H3. The molecule has 8 heteroatoms. The zero-order valence-electron chi connectivity index (χ0n) is 14.3. The Bertz CT molecular complexity index is 1130. The van der Waals surface area contributed by atoms with Crippen LogP contribution in [-0.4, -0.2) is 25.1 Å². The third kappa shape index (κ3) is 4.28. The first-order valence-electron chi connectivity index (χ1n) is 7.94. The van der Waals surface area contributed by atoms with Crippen molar-refractivity contribution >= 4 is 60.0 Å². The number of halogens is 1. The highest BCUT2D eigenvalue weighted by molar-refractivity contribution is 9.10. The minimum Gasteiger partial charge on any atom is -0.506 e. The fourth-order valence-corrected chi connectivity index (χ4v) is 5.45. The molecule has 0 aliphatic heterocycles. The second-order valence-corrected chi connectivity index (χ2v) is 9.37. The normalized spacial score (nSPS) is 11.5. The number of ketones is 1. The summed E-state index contributed by atoms with van der Waals surface area (Å²) in [6.45, 7) is 1.46. The Morgan fingerprint density at radius 3 is 2.41 bits per heavy atom. The molecule has 0 saturated heterocycles. The predicted molar refractivity (Wildman–Crippen MR) is 112 cm³/mol. The number of anilines is 1. The molecule has 3 aromatic rings. The first-order valence-corrected chi connectivity index (χ1v) is 11.2. The molecule has 0 aliphatic rings. The van der Waals surface area contributed by atoms with Gasteiger partial charge in [0.1, 0.15) is 16.4 Å². The van der Waals surface area contributed by atoms with Crippen molar-refractivity contribution in [1.29, 1.82) is 0 Å². The summed E-state index contributed by atoms with van der Waals surface area (Å²) in [7, 11) is -3.85. The monoisotopic (exact) mass is 465 g/mol. The summed E-state index contributed by atoms with van der Waals surface area (Å²) < 4.78 is 28.8. The number of fused-ring (bicyclic) bond motifs is 1. The molecule has 0 heterocycles. The molecular weight excluding hydrogens is 450 g/mol. The van der Waals surface area contributed by atoms with Gasteiger partial charge in [0.05, 0.1) is 16.3 Å². The third-order valence-corrected chi connectivity index (χ3v) is 7.33. The number of benzene rings is 3. The molecule has 0 saturated carbocycles. The van der Waals surface area contributed by atoms with Crippen LogP contribution in [0.25, 0.3) is 10.8 Å². The number of sulfonamides is 1. The number of hydrogen-bond acceptors (Lipinski definition) is 5. The van der Waals surface area contributed by atoms with Crippen LogP contribution in [0.5, 0.6) is 5.75 Å². The lowest BCUT2D eigenvalue weighted by atomic mass is 10.1. The summed E-state index contributed by atoms with van der Waals surface area (Å²) in [5.41, 5.74) is 0.338. The van der Waals surface area contributed by atoms with E-state index in [4.69, 9.17) is 0 Å². The fourth-order valence-electron chi connectivity index (χ4n) is 2.57. The number of phenols is 1. The van der Waals surface area contributed by atoms with Crippen LogP contribution in [0.3, 0.4) is 0 Å². The third-order valence-electron chi connectivity index (χ3n) is 3.78. The summed E-state index contributed by atoms with van der Waals surface area (Å²) >= 11 is 4.43. The average molecular weight is 466 g/mol. The molecule has 0 atom stereocenters. The van der Waals surface area contributed by atoms with Crippen LogP contribution >= 0.6 is 27.7 Å². The lowest BCUT2D eigenvalue weighted by Gasteiger charge is -2.15. The number of aromatic hydroxyl groups is 1. The molecule has 0 bridgehead atoms. The molecule has 0 aromatic heterocycles. The van der Waals surface area contributed by atoms with E-state index in [0.717, 1.165) is 0 Å². The van der Waals surface area contributed by atoms with Gasteiger partial charge in [-0.3, -0.25) is 9.52 Å². The van der Waals surface area contributed by atoms with Crippen molar-refractivity contribution < 1.29 is 18.3 Å². The highest BCUT2D eigenvalue weighted by Gasteiger charge is 2.20. The maximum Gasteiger partial charge on any atom is 0.263 e. The maximum atomic E-state index is 12.9. The highest BCUT2D eigenvalue weighted by Crippen LogP contribution is 2.40. The Hall–Kier alpha value is -2.03. The van der Waals surface area contributed by atoms with Gasteiger partial charge in [0.2, 0.25) is 0 Å². The van der Waals surface area contributed by atoms with Crippen LogP contribution in [0.4, 0.5) is 5.69 Å². The number of nitrogens with one attached hydrogen (secondary N) is 1. The number of hydrogen-bond donors (Lipinski definition) is 2. The van der Waals surface area contributed by atoms with E-state index in [0.29, 0.717) is 25.8 Å². The molecule has 0 amide bonds. The largest absolute Gasteiger partial charge is 0.506 e. The number of phenolic OH excluding ortho intramolecular Hbond substituents is 1. The van der Waals surface area contributed by atoms with Gasteiger partial charge in [-0.15, -0.1) is 11.8 Å². The zero-order chi connectivity index (χ0) is 19.6. The summed E-state index contributed by atoms with van der Waals surface area (Å²) in [5.74, 6) is 0.172.